The summed E-state index contributed by atoms with van der Waals surface area (Å²) in [5.74, 6) is 0.302. The molecule has 84 valence electrons. The number of nitrogens with zero attached hydrogens (tertiary/aromatic N) is 1. The average molecular weight is 256 g/mol. The summed E-state index contributed by atoms with van der Waals surface area (Å²) in [6.45, 7) is 0. The number of fused-ring (bicyclic) bond motifs is 3. The van der Waals surface area contributed by atoms with Crippen LogP contribution in [-0.2, 0) is 0 Å². The van der Waals surface area contributed by atoms with Gasteiger partial charge in [0.05, 0.1) is 6.04 Å². The molecule has 1 aromatic carbocycles. The molecule has 0 bridgehead atoms. The summed E-state index contributed by atoms with van der Waals surface area (Å²) >= 11 is 12.4. The molecular weight excluding hydrogens is 245 g/mol. The van der Waals surface area contributed by atoms with E-state index in [-0.39, 0.29) is 17.9 Å². The maximum atomic E-state index is 12.1. The molecule has 2 atom stereocenters. The maximum absolute atomic E-state index is 12.1. The quantitative estimate of drug-likeness (QED) is 0.653. The first-order valence-corrected chi connectivity index (χ1v) is 6.02. The van der Waals surface area contributed by atoms with Gasteiger partial charge in [-0.05, 0) is 18.1 Å². The second kappa shape index (κ2) is 3.14. The van der Waals surface area contributed by atoms with Gasteiger partial charge < -0.3 is 4.90 Å². The van der Waals surface area contributed by atoms with Crippen LogP contribution in [0.4, 0.5) is 0 Å². The lowest BCUT2D eigenvalue weighted by molar-refractivity contribution is 0.0518. The summed E-state index contributed by atoms with van der Waals surface area (Å²) in [6.07, 6.45) is 0.718. The number of hydrogen-bond acceptors (Lipinski definition) is 1. The molecule has 4 heteroatoms. The van der Waals surface area contributed by atoms with E-state index < -0.39 is 4.33 Å². The van der Waals surface area contributed by atoms with Crippen molar-refractivity contribution in [2.75, 3.05) is 7.05 Å². The highest BCUT2D eigenvalue weighted by Gasteiger charge is 2.58. The normalized spacial score (nSPS) is 30.4. The predicted octanol–water partition coefficient (Wildman–Crippen LogP) is 2.80. The second-order valence-corrected chi connectivity index (χ2v) is 6.06. The summed E-state index contributed by atoms with van der Waals surface area (Å²) in [5.41, 5.74) is 1.88. The van der Waals surface area contributed by atoms with Crippen LogP contribution in [0.3, 0.4) is 0 Å². The van der Waals surface area contributed by atoms with E-state index >= 15 is 0 Å². The van der Waals surface area contributed by atoms with Gasteiger partial charge in [-0.3, -0.25) is 4.79 Å². The van der Waals surface area contributed by atoms with Gasteiger partial charge in [0, 0.05) is 18.5 Å². The van der Waals surface area contributed by atoms with Crippen LogP contribution in [0, 0.1) is 0 Å². The van der Waals surface area contributed by atoms with Gasteiger partial charge in [-0.2, -0.15) is 0 Å². The van der Waals surface area contributed by atoms with Crippen LogP contribution < -0.4 is 0 Å². The molecule has 0 spiro atoms. The van der Waals surface area contributed by atoms with Crippen LogP contribution in [0.25, 0.3) is 0 Å². The fourth-order valence-corrected chi connectivity index (χ4v) is 3.75. The van der Waals surface area contributed by atoms with Crippen molar-refractivity contribution >= 4 is 29.1 Å². The van der Waals surface area contributed by atoms with Crippen molar-refractivity contribution in [3.8, 4) is 0 Å². The number of carbonyl (C=O) groups is 1. The maximum Gasteiger partial charge on any atom is 0.254 e. The highest BCUT2D eigenvalue weighted by molar-refractivity contribution is 6.50. The molecule has 1 fully saturated rings. The Hall–Kier alpha value is -0.730. The minimum atomic E-state index is -0.789. The van der Waals surface area contributed by atoms with Crippen molar-refractivity contribution in [1.29, 1.82) is 0 Å². The molecule has 1 heterocycles. The Morgan fingerprint density at radius 2 is 2.06 bits per heavy atom. The molecule has 2 unspecified atom stereocenters. The van der Waals surface area contributed by atoms with E-state index in [1.54, 1.807) is 11.9 Å². The molecule has 3 rings (SSSR count). The number of rotatable bonds is 0. The summed E-state index contributed by atoms with van der Waals surface area (Å²) in [7, 11) is 1.77. The Balaban J connectivity index is 2.13. The van der Waals surface area contributed by atoms with Gasteiger partial charge in [0.2, 0.25) is 0 Å². The minimum Gasteiger partial charge on any atom is -0.335 e. The van der Waals surface area contributed by atoms with Gasteiger partial charge in [0.15, 0.2) is 0 Å². The molecule has 2 nitrogen and oxygen atoms in total. The number of hydrogen-bond donors (Lipinski definition) is 0. The monoisotopic (exact) mass is 255 g/mol. The Bertz CT molecular complexity index is 472. The molecule has 1 aliphatic heterocycles. The van der Waals surface area contributed by atoms with Crippen molar-refractivity contribution in [2.24, 2.45) is 0 Å². The second-order valence-electron chi connectivity index (χ2n) is 4.52. The van der Waals surface area contributed by atoms with E-state index in [0.29, 0.717) is 0 Å². The third-order valence-corrected chi connectivity index (χ3v) is 4.39. The third-order valence-electron chi connectivity index (χ3n) is 3.63. The first-order valence-electron chi connectivity index (χ1n) is 5.26. The van der Waals surface area contributed by atoms with Crippen LogP contribution in [-0.4, -0.2) is 28.2 Å². The molecule has 1 amide bonds. The van der Waals surface area contributed by atoms with E-state index in [9.17, 15) is 4.79 Å². The van der Waals surface area contributed by atoms with Crippen molar-refractivity contribution in [1.82, 2.24) is 4.90 Å². The first kappa shape index (κ1) is 10.4. The van der Waals surface area contributed by atoms with Gasteiger partial charge in [-0.25, -0.2) is 0 Å². The number of halogens is 2. The fraction of sp³-hybridized carbons (Fsp3) is 0.417. The Morgan fingerprint density at radius 3 is 2.75 bits per heavy atom. The third kappa shape index (κ3) is 1.17. The number of carbonyl (C=O) groups excluding carboxylic acids is 1. The van der Waals surface area contributed by atoms with E-state index in [0.717, 1.165) is 17.5 Å². The Kier molecular flexibility index (Phi) is 2.05. The molecule has 1 aromatic rings. The summed E-state index contributed by atoms with van der Waals surface area (Å²) < 4.78 is -0.789. The van der Waals surface area contributed by atoms with Crippen molar-refractivity contribution < 1.29 is 4.79 Å². The molecule has 1 aliphatic carbocycles. The number of alkyl halides is 2. The Labute approximate surface area is 104 Å². The molecule has 0 saturated heterocycles. The smallest absolute Gasteiger partial charge is 0.254 e. The average Bonchev–Trinajstić information content (AvgIpc) is 2.24. The van der Waals surface area contributed by atoms with Crippen LogP contribution in [0.2, 0.25) is 0 Å². The van der Waals surface area contributed by atoms with E-state index in [1.165, 1.54) is 0 Å². The van der Waals surface area contributed by atoms with E-state index in [4.69, 9.17) is 23.2 Å². The standard InChI is InChI=1S/C12H11Cl2NO/c1-15-10-9(6-12(10,13)14)7-4-2-3-5-8(7)11(15)16/h2-5,9-10H,6H2,1H3. The van der Waals surface area contributed by atoms with Gasteiger partial charge >= 0.3 is 0 Å². The largest absolute Gasteiger partial charge is 0.335 e. The molecule has 2 aliphatic rings. The molecule has 0 radical (unpaired) electrons. The van der Waals surface area contributed by atoms with Gasteiger partial charge in [0.25, 0.3) is 5.91 Å². The fourth-order valence-electron chi connectivity index (χ4n) is 2.82. The highest BCUT2D eigenvalue weighted by Crippen LogP contribution is 2.56. The van der Waals surface area contributed by atoms with Crippen LogP contribution in [0.5, 0.6) is 0 Å². The number of amides is 1. The molecular formula is C12H11Cl2NO. The summed E-state index contributed by atoms with van der Waals surface area (Å²) in [6, 6.07) is 7.63. The van der Waals surface area contributed by atoms with Crippen molar-refractivity contribution in [2.45, 2.75) is 22.7 Å². The van der Waals surface area contributed by atoms with Gasteiger partial charge in [-0.15, -0.1) is 0 Å². The Morgan fingerprint density at radius 1 is 1.38 bits per heavy atom. The summed E-state index contributed by atoms with van der Waals surface area (Å²) in [4.78, 5) is 13.8. The highest BCUT2D eigenvalue weighted by atomic mass is 35.5. The van der Waals surface area contributed by atoms with Crippen LogP contribution >= 0.6 is 23.2 Å². The van der Waals surface area contributed by atoms with Crippen molar-refractivity contribution in [3.63, 3.8) is 0 Å². The lowest BCUT2D eigenvalue weighted by Crippen LogP contribution is -2.62. The van der Waals surface area contributed by atoms with Crippen LogP contribution in [0.15, 0.2) is 24.3 Å². The molecule has 0 N–H and O–H groups in total. The van der Waals surface area contributed by atoms with Crippen molar-refractivity contribution in [3.05, 3.63) is 35.4 Å². The molecule has 0 aromatic heterocycles. The lowest BCUT2D eigenvalue weighted by Gasteiger charge is -2.54. The SMILES string of the molecule is CN1C(=O)c2ccccc2C2CC(Cl)(Cl)C21. The molecule has 1 saturated carbocycles. The predicted molar refractivity (Wildman–Crippen MR) is 64.1 cm³/mol. The van der Waals surface area contributed by atoms with Crippen LogP contribution in [0.1, 0.15) is 28.3 Å². The molecule has 16 heavy (non-hydrogen) atoms. The van der Waals surface area contributed by atoms with Gasteiger partial charge in [0.1, 0.15) is 4.33 Å². The lowest BCUT2D eigenvalue weighted by atomic mass is 9.69. The topological polar surface area (TPSA) is 20.3 Å². The van der Waals surface area contributed by atoms with E-state index in [1.807, 2.05) is 24.3 Å². The zero-order valence-electron chi connectivity index (χ0n) is 8.78. The van der Waals surface area contributed by atoms with Gasteiger partial charge in [-0.1, -0.05) is 41.4 Å². The number of likely N-dealkylation sites (N-methyl/N-ethyl adjacent to an activating group) is 1. The zero-order chi connectivity index (χ0) is 11.5. The number of benzene rings is 1. The minimum absolute atomic E-state index is 0.0159. The van der Waals surface area contributed by atoms with E-state index in [2.05, 4.69) is 0 Å². The first-order chi connectivity index (χ1) is 7.52. The zero-order valence-corrected chi connectivity index (χ0v) is 10.3. The summed E-state index contributed by atoms with van der Waals surface area (Å²) in [5, 5.41) is 0.